The molecule has 3 heteroatoms. The lowest BCUT2D eigenvalue weighted by Gasteiger charge is -2.42. The van der Waals surface area contributed by atoms with Crippen LogP contribution in [-0.2, 0) is 0 Å². The highest BCUT2D eigenvalue weighted by atomic mass is 15.3. The van der Waals surface area contributed by atoms with E-state index in [0.717, 1.165) is 0 Å². The van der Waals surface area contributed by atoms with E-state index in [9.17, 15) is 0 Å². The molecule has 2 nitrogen and oxygen atoms in total. The molecule has 2 saturated carbocycles. The number of hydrogen-bond acceptors (Lipinski definition) is 2. The van der Waals surface area contributed by atoms with Gasteiger partial charge in [-0.3, -0.25) is 0 Å². The summed E-state index contributed by atoms with van der Waals surface area (Å²) in [7, 11) is 0. The van der Waals surface area contributed by atoms with Crippen LogP contribution in [0.25, 0.3) is 22.3 Å². The standard InChI is InChI=1S/C50H65BN2/c1-33(2)40-27-18-28-41(34(3)4)46(40)44-31-20-32-45(47-42(35(5)6)29-19-30-43(47)36(7)8)48(44)53-49(37-21-12-9-13-22-37)51(39-25-16-11-17-26-39)52-50(53)38-23-14-10-15-24-38/h10,14-15,18-20,23-24,27-37,39,49H,9,11-13,16-17,21-22,25-26H2,1-8H3. The molecular formula is C50H65BN2. The summed E-state index contributed by atoms with van der Waals surface area (Å²) in [6, 6.07) is 32.9. The molecule has 2 aliphatic carbocycles. The largest absolute Gasteiger partial charge is 0.328 e. The summed E-state index contributed by atoms with van der Waals surface area (Å²) in [5, 5.41) is 0. The van der Waals surface area contributed by atoms with E-state index in [1.54, 1.807) is 0 Å². The SMILES string of the molecule is CC(C)c1cccc(C(C)C)c1-c1cccc(-c2c(C(C)C)cccc2C(C)C)c1N1C(c2ccccc2)=NB(C2CCCCC2)C1C1CCCCC1. The summed E-state index contributed by atoms with van der Waals surface area (Å²) in [5.41, 5.74) is 14.1. The number of hydrogen-bond donors (Lipinski definition) is 0. The van der Waals surface area contributed by atoms with Gasteiger partial charge < -0.3 is 9.80 Å². The van der Waals surface area contributed by atoms with Gasteiger partial charge in [0.1, 0.15) is 5.84 Å². The molecule has 4 aromatic carbocycles. The second kappa shape index (κ2) is 16.4. The first-order chi connectivity index (χ1) is 25.7. The third kappa shape index (κ3) is 7.44. The minimum atomic E-state index is 0.310. The molecule has 278 valence electrons. The monoisotopic (exact) mass is 705 g/mol. The van der Waals surface area contributed by atoms with Crippen molar-refractivity contribution in [2.75, 3.05) is 4.90 Å². The van der Waals surface area contributed by atoms with Gasteiger partial charge in [-0.15, -0.1) is 0 Å². The second-order valence-electron chi connectivity index (χ2n) is 17.9. The summed E-state index contributed by atoms with van der Waals surface area (Å²) in [5.74, 6) is 4.41. The van der Waals surface area contributed by atoms with Crippen molar-refractivity contribution in [3.05, 3.63) is 113 Å². The topological polar surface area (TPSA) is 15.6 Å². The molecule has 0 N–H and O–H groups in total. The number of para-hydroxylation sites is 1. The maximum absolute atomic E-state index is 6.04. The van der Waals surface area contributed by atoms with Crippen LogP contribution < -0.4 is 4.90 Å². The smallest absolute Gasteiger partial charge is 0.308 e. The molecule has 0 aromatic heterocycles. The van der Waals surface area contributed by atoms with E-state index in [-0.39, 0.29) is 0 Å². The van der Waals surface area contributed by atoms with Crippen molar-refractivity contribution in [1.82, 2.24) is 0 Å². The molecule has 0 saturated heterocycles. The molecular weight excluding hydrogens is 639 g/mol. The number of benzene rings is 4. The fourth-order valence-corrected chi connectivity index (χ4v) is 10.4. The van der Waals surface area contributed by atoms with Crippen molar-refractivity contribution in [3.8, 4) is 22.3 Å². The van der Waals surface area contributed by atoms with Gasteiger partial charge in [0.25, 0.3) is 0 Å². The second-order valence-corrected chi connectivity index (χ2v) is 17.9. The van der Waals surface area contributed by atoms with Crippen LogP contribution in [0, 0.1) is 5.92 Å². The fraction of sp³-hybridized carbons (Fsp3) is 0.500. The normalized spacial score (nSPS) is 18.9. The van der Waals surface area contributed by atoms with Gasteiger partial charge in [-0.2, -0.15) is 0 Å². The van der Waals surface area contributed by atoms with E-state index in [4.69, 9.17) is 4.90 Å². The molecule has 53 heavy (non-hydrogen) atoms. The van der Waals surface area contributed by atoms with E-state index < -0.39 is 0 Å². The van der Waals surface area contributed by atoms with Gasteiger partial charge in [0, 0.05) is 22.6 Å². The first-order valence-electron chi connectivity index (χ1n) is 21.5. The number of amidine groups is 1. The van der Waals surface area contributed by atoms with Crippen LogP contribution in [0.5, 0.6) is 0 Å². The Bertz CT molecular complexity index is 1740. The molecule has 3 aliphatic rings. The van der Waals surface area contributed by atoms with Gasteiger partial charge in [-0.05, 0) is 81.6 Å². The summed E-state index contributed by atoms with van der Waals surface area (Å²) in [6.07, 6.45) is 13.3. The molecule has 0 amide bonds. The van der Waals surface area contributed by atoms with Gasteiger partial charge in [0.2, 0.25) is 0 Å². The van der Waals surface area contributed by atoms with Crippen LogP contribution in [0.4, 0.5) is 5.69 Å². The van der Waals surface area contributed by atoms with Crippen molar-refractivity contribution in [3.63, 3.8) is 0 Å². The van der Waals surface area contributed by atoms with Crippen LogP contribution in [-0.4, -0.2) is 18.6 Å². The van der Waals surface area contributed by atoms with Crippen molar-refractivity contribution in [2.24, 2.45) is 10.8 Å². The average Bonchev–Trinajstić information content (AvgIpc) is 3.58. The van der Waals surface area contributed by atoms with Gasteiger partial charge in [0.15, 0.2) is 0 Å². The van der Waals surface area contributed by atoms with E-state index in [2.05, 4.69) is 145 Å². The Balaban J connectivity index is 1.62. The average molecular weight is 705 g/mol. The first kappa shape index (κ1) is 37.7. The predicted molar refractivity (Wildman–Crippen MR) is 232 cm³/mol. The third-order valence-electron chi connectivity index (χ3n) is 13.0. The molecule has 0 radical (unpaired) electrons. The van der Waals surface area contributed by atoms with Crippen molar-refractivity contribution >= 4 is 18.4 Å². The van der Waals surface area contributed by atoms with Crippen LogP contribution in [0.1, 0.15) is 171 Å². The highest BCUT2D eigenvalue weighted by Gasteiger charge is 2.50. The van der Waals surface area contributed by atoms with Crippen molar-refractivity contribution in [2.45, 2.75) is 155 Å². The lowest BCUT2D eigenvalue weighted by Crippen LogP contribution is -2.50. The number of anilines is 1. The molecule has 0 spiro atoms. The zero-order valence-electron chi connectivity index (χ0n) is 34.2. The van der Waals surface area contributed by atoms with Gasteiger partial charge in [-0.1, -0.05) is 192 Å². The molecule has 1 aliphatic heterocycles. The Morgan fingerprint density at radius 3 is 1.40 bits per heavy atom. The van der Waals surface area contributed by atoms with Gasteiger partial charge in [-0.25, -0.2) is 0 Å². The molecule has 4 aromatic rings. The Morgan fingerprint density at radius 2 is 0.943 bits per heavy atom. The maximum atomic E-state index is 6.04. The molecule has 1 heterocycles. The van der Waals surface area contributed by atoms with Crippen molar-refractivity contribution in [1.29, 1.82) is 0 Å². The number of rotatable bonds is 10. The Labute approximate surface area is 323 Å². The maximum Gasteiger partial charge on any atom is 0.308 e. The van der Waals surface area contributed by atoms with E-state index in [0.29, 0.717) is 48.2 Å². The predicted octanol–water partition coefficient (Wildman–Crippen LogP) is 14.6. The Kier molecular flexibility index (Phi) is 11.7. The van der Waals surface area contributed by atoms with Gasteiger partial charge in [0.05, 0.1) is 5.69 Å². The van der Waals surface area contributed by atoms with Crippen LogP contribution in [0.15, 0.2) is 89.8 Å². The quantitative estimate of drug-likeness (QED) is 0.150. The highest BCUT2D eigenvalue weighted by Crippen LogP contribution is 2.52. The zero-order chi connectivity index (χ0) is 37.2. The highest BCUT2D eigenvalue weighted by molar-refractivity contribution is 6.66. The van der Waals surface area contributed by atoms with Crippen LogP contribution in [0.3, 0.4) is 0 Å². The minimum absolute atomic E-state index is 0.310. The zero-order valence-corrected chi connectivity index (χ0v) is 34.2. The van der Waals surface area contributed by atoms with Gasteiger partial charge >= 0.3 is 6.85 Å². The Hall–Kier alpha value is -3.59. The van der Waals surface area contributed by atoms with Crippen LogP contribution in [0.2, 0.25) is 5.82 Å². The molecule has 0 bridgehead atoms. The Morgan fingerprint density at radius 1 is 0.509 bits per heavy atom. The molecule has 1 atom stereocenters. The number of nitrogens with zero attached hydrogens (tertiary/aromatic N) is 2. The summed E-state index contributed by atoms with van der Waals surface area (Å²) in [4.78, 5) is 8.93. The summed E-state index contributed by atoms with van der Waals surface area (Å²) in [6.45, 7) is 19.4. The third-order valence-corrected chi connectivity index (χ3v) is 13.0. The summed E-state index contributed by atoms with van der Waals surface area (Å²) < 4.78 is 0. The molecule has 7 rings (SSSR count). The van der Waals surface area contributed by atoms with Crippen LogP contribution >= 0.6 is 0 Å². The van der Waals surface area contributed by atoms with E-state index in [1.165, 1.54) is 126 Å². The molecule has 1 unspecified atom stereocenters. The minimum Gasteiger partial charge on any atom is -0.328 e. The summed E-state index contributed by atoms with van der Waals surface area (Å²) >= 11 is 0. The van der Waals surface area contributed by atoms with Crippen molar-refractivity contribution < 1.29 is 0 Å². The fourth-order valence-electron chi connectivity index (χ4n) is 10.4. The lowest BCUT2D eigenvalue weighted by atomic mass is 9.41. The molecule has 2 fully saturated rings. The van der Waals surface area contributed by atoms with E-state index in [1.807, 2.05) is 0 Å². The first-order valence-corrected chi connectivity index (χ1v) is 21.5. The van der Waals surface area contributed by atoms with E-state index >= 15 is 0 Å². The lowest BCUT2D eigenvalue weighted by molar-refractivity contribution is 0.342.